The summed E-state index contributed by atoms with van der Waals surface area (Å²) in [6, 6.07) is 5.34. The highest BCUT2D eigenvalue weighted by atomic mass is 79.9. The second-order valence-electron chi connectivity index (χ2n) is 4.74. The zero-order chi connectivity index (χ0) is 13.2. The molecule has 0 heterocycles. The molecule has 0 aliphatic carbocycles. The van der Waals surface area contributed by atoms with E-state index in [1.807, 2.05) is 20.9 Å². The van der Waals surface area contributed by atoms with Crippen LogP contribution >= 0.6 is 15.9 Å². The first kappa shape index (κ1) is 14.0. The van der Waals surface area contributed by atoms with Gasteiger partial charge in [-0.3, -0.25) is 4.79 Å². The van der Waals surface area contributed by atoms with Crippen LogP contribution in [0.3, 0.4) is 0 Å². The normalized spacial score (nSPS) is 11.4. The summed E-state index contributed by atoms with van der Waals surface area (Å²) in [6.07, 6.45) is 0.898. The zero-order valence-corrected chi connectivity index (χ0v) is 12.3. The summed E-state index contributed by atoms with van der Waals surface area (Å²) in [5, 5.41) is 0. The Labute approximate surface area is 111 Å². The highest BCUT2D eigenvalue weighted by Gasteiger charge is 2.27. The van der Waals surface area contributed by atoms with E-state index in [0.29, 0.717) is 15.7 Å². The van der Waals surface area contributed by atoms with Gasteiger partial charge in [-0.15, -0.1) is 0 Å². The van der Waals surface area contributed by atoms with Crippen LogP contribution in [0.1, 0.15) is 37.6 Å². The molecule has 3 nitrogen and oxygen atoms in total. The molecular formula is C13H19BrN2O. The van der Waals surface area contributed by atoms with Crippen LogP contribution in [0.5, 0.6) is 0 Å². The average Bonchev–Trinajstić information content (AvgIpc) is 2.30. The summed E-state index contributed by atoms with van der Waals surface area (Å²) < 4.78 is 0.670. The molecule has 0 saturated heterocycles. The molecule has 0 aliphatic heterocycles. The van der Waals surface area contributed by atoms with Gasteiger partial charge in [0.15, 0.2) is 0 Å². The minimum Gasteiger partial charge on any atom is -0.398 e. The molecule has 0 aromatic heterocycles. The van der Waals surface area contributed by atoms with Crippen molar-refractivity contribution in [1.82, 2.24) is 4.90 Å². The molecule has 1 aromatic rings. The quantitative estimate of drug-likeness (QED) is 0.871. The molecule has 0 bridgehead atoms. The van der Waals surface area contributed by atoms with Crippen molar-refractivity contribution in [3.05, 3.63) is 28.2 Å². The molecule has 2 N–H and O–H groups in total. The predicted octanol–water partition coefficient (Wildman–Crippen LogP) is 3.29. The molecule has 0 radical (unpaired) electrons. The molecule has 0 fully saturated rings. The number of hydrogen-bond donors (Lipinski definition) is 1. The molecule has 0 saturated carbocycles. The Kier molecular flexibility index (Phi) is 4.20. The minimum atomic E-state index is -0.166. The fraction of sp³-hybridized carbons (Fsp3) is 0.462. The van der Waals surface area contributed by atoms with E-state index in [1.54, 1.807) is 23.1 Å². The summed E-state index contributed by atoms with van der Waals surface area (Å²) >= 11 is 3.37. The van der Waals surface area contributed by atoms with Gasteiger partial charge >= 0.3 is 0 Å². The van der Waals surface area contributed by atoms with Crippen LogP contribution in [0.15, 0.2) is 22.7 Å². The third-order valence-electron chi connectivity index (χ3n) is 3.34. The van der Waals surface area contributed by atoms with E-state index in [1.165, 1.54) is 0 Å². The van der Waals surface area contributed by atoms with Crippen molar-refractivity contribution in [1.29, 1.82) is 0 Å². The van der Waals surface area contributed by atoms with E-state index < -0.39 is 0 Å². The molecule has 0 aliphatic rings. The lowest BCUT2D eigenvalue weighted by Crippen LogP contribution is -2.44. The Morgan fingerprint density at radius 2 is 2.06 bits per heavy atom. The molecule has 94 valence electrons. The lowest BCUT2D eigenvalue weighted by molar-refractivity contribution is 0.0619. The summed E-state index contributed by atoms with van der Waals surface area (Å²) in [5.74, 6) is -0.0176. The van der Waals surface area contributed by atoms with Gasteiger partial charge in [-0.2, -0.15) is 0 Å². The Balaban J connectivity index is 3.09. The van der Waals surface area contributed by atoms with E-state index in [9.17, 15) is 4.79 Å². The fourth-order valence-electron chi connectivity index (χ4n) is 1.41. The molecule has 0 atom stereocenters. The second kappa shape index (κ2) is 5.08. The minimum absolute atomic E-state index is 0.0176. The van der Waals surface area contributed by atoms with Gasteiger partial charge in [0.1, 0.15) is 0 Å². The first-order valence-electron chi connectivity index (χ1n) is 5.63. The summed E-state index contributed by atoms with van der Waals surface area (Å²) in [5.41, 5.74) is 6.80. The Bertz CT molecular complexity index is 429. The van der Waals surface area contributed by atoms with E-state index in [0.717, 1.165) is 6.42 Å². The monoisotopic (exact) mass is 298 g/mol. The number of carbonyl (C=O) groups is 1. The van der Waals surface area contributed by atoms with Gasteiger partial charge in [0, 0.05) is 18.3 Å². The number of hydrogen-bond acceptors (Lipinski definition) is 2. The van der Waals surface area contributed by atoms with E-state index >= 15 is 0 Å². The summed E-state index contributed by atoms with van der Waals surface area (Å²) in [4.78, 5) is 14.1. The van der Waals surface area contributed by atoms with Crippen LogP contribution in [-0.4, -0.2) is 23.4 Å². The third kappa shape index (κ3) is 2.80. The highest BCUT2D eigenvalue weighted by Crippen LogP contribution is 2.27. The highest BCUT2D eigenvalue weighted by molar-refractivity contribution is 9.10. The molecule has 1 amide bonds. The number of anilines is 1. The number of nitrogens with two attached hydrogens (primary N) is 1. The largest absolute Gasteiger partial charge is 0.398 e. The van der Waals surface area contributed by atoms with Crippen LogP contribution in [0, 0.1) is 0 Å². The summed E-state index contributed by atoms with van der Waals surface area (Å²) in [7, 11) is 1.82. The maximum absolute atomic E-state index is 12.4. The summed E-state index contributed by atoms with van der Waals surface area (Å²) in [6.45, 7) is 6.16. The van der Waals surface area contributed by atoms with Gasteiger partial charge < -0.3 is 10.6 Å². The number of nitrogens with zero attached hydrogens (tertiary/aromatic N) is 1. The number of rotatable bonds is 3. The Morgan fingerprint density at radius 1 is 1.47 bits per heavy atom. The van der Waals surface area contributed by atoms with E-state index in [2.05, 4.69) is 22.9 Å². The van der Waals surface area contributed by atoms with Crippen molar-refractivity contribution in [2.75, 3.05) is 12.8 Å². The van der Waals surface area contributed by atoms with Gasteiger partial charge in [0.2, 0.25) is 0 Å². The first-order chi connectivity index (χ1) is 7.81. The van der Waals surface area contributed by atoms with Crippen LogP contribution < -0.4 is 5.73 Å². The molecule has 1 rings (SSSR count). The van der Waals surface area contributed by atoms with Crippen molar-refractivity contribution < 1.29 is 4.79 Å². The maximum atomic E-state index is 12.4. The topological polar surface area (TPSA) is 46.3 Å². The smallest absolute Gasteiger partial charge is 0.255 e. The van der Waals surface area contributed by atoms with Crippen LogP contribution in [0.2, 0.25) is 0 Å². The number of amides is 1. The zero-order valence-electron chi connectivity index (χ0n) is 10.7. The lowest BCUT2D eigenvalue weighted by Gasteiger charge is -2.35. The molecular weight excluding hydrogens is 280 g/mol. The molecule has 17 heavy (non-hydrogen) atoms. The fourth-order valence-corrected chi connectivity index (χ4v) is 1.84. The van der Waals surface area contributed by atoms with Crippen LogP contribution in [-0.2, 0) is 0 Å². The molecule has 1 aromatic carbocycles. The number of benzene rings is 1. The van der Waals surface area contributed by atoms with Gasteiger partial charge in [0.05, 0.1) is 10.0 Å². The Hall–Kier alpha value is -1.03. The SMILES string of the molecule is CCC(C)(C)N(C)C(=O)c1cccc(N)c1Br. The lowest BCUT2D eigenvalue weighted by atomic mass is 9.99. The van der Waals surface area contributed by atoms with Crippen molar-refractivity contribution in [3.8, 4) is 0 Å². The Morgan fingerprint density at radius 3 is 2.59 bits per heavy atom. The number of nitrogen functional groups attached to an aromatic ring is 1. The molecule has 0 unspecified atom stereocenters. The van der Waals surface area contributed by atoms with Crippen molar-refractivity contribution >= 4 is 27.5 Å². The average molecular weight is 299 g/mol. The van der Waals surface area contributed by atoms with Gasteiger partial charge in [-0.1, -0.05) is 13.0 Å². The third-order valence-corrected chi connectivity index (χ3v) is 4.22. The van der Waals surface area contributed by atoms with E-state index in [4.69, 9.17) is 5.73 Å². The van der Waals surface area contributed by atoms with Crippen LogP contribution in [0.25, 0.3) is 0 Å². The van der Waals surface area contributed by atoms with Crippen molar-refractivity contribution in [3.63, 3.8) is 0 Å². The van der Waals surface area contributed by atoms with Crippen LogP contribution in [0.4, 0.5) is 5.69 Å². The van der Waals surface area contributed by atoms with Crippen molar-refractivity contribution in [2.45, 2.75) is 32.7 Å². The van der Waals surface area contributed by atoms with Crippen molar-refractivity contribution in [2.24, 2.45) is 0 Å². The standard InChI is InChI=1S/C13H19BrN2O/c1-5-13(2,3)16(4)12(17)9-7-6-8-10(15)11(9)14/h6-8H,5,15H2,1-4H3. The van der Waals surface area contributed by atoms with E-state index in [-0.39, 0.29) is 11.4 Å². The maximum Gasteiger partial charge on any atom is 0.255 e. The van der Waals surface area contributed by atoms with Gasteiger partial charge in [0.25, 0.3) is 5.91 Å². The molecule has 0 spiro atoms. The number of halogens is 1. The molecule has 4 heteroatoms. The van der Waals surface area contributed by atoms with Gasteiger partial charge in [-0.05, 0) is 48.3 Å². The second-order valence-corrected chi connectivity index (χ2v) is 5.53. The first-order valence-corrected chi connectivity index (χ1v) is 6.42. The number of carbonyl (C=O) groups excluding carboxylic acids is 1. The van der Waals surface area contributed by atoms with Gasteiger partial charge in [-0.25, -0.2) is 0 Å². The predicted molar refractivity (Wildman–Crippen MR) is 75.0 cm³/mol.